The van der Waals surface area contributed by atoms with Crippen molar-refractivity contribution >= 4 is 78.4 Å². The van der Waals surface area contributed by atoms with Crippen LogP contribution in [0.4, 0.5) is 5.69 Å². The average molecular weight is 609 g/mol. The van der Waals surface area contributed by atoms with Crippen molar-refractivity contribution in [3.05, 3.63) is 100 Å². The van der Waals surface area contributed by atoms with Gasteiger partial charge >= 0.3 is 5.97 Å². The molecule has 1 N–H and O–H groups in total. The highest BCUT2D eigenvalue weighted by Crippen LogP contribution is 2.47. The predicted octanol–water partition coefficient (Wildman–Crippen LogP) is 7.12. The molecule has 0 spiro atoms. The van der Waals surface area contributed by atoms with Crippen molar-refractivity contribution in [1.29, 1.82) is 0 Å². The van der Waals surface area contributed by atoms with E-state index in [2.05, 4.69) is 0 Å². The van der Waals surface area contributed by atoms with Crippen LogP contribution in [0.2, 0.25) is 0 Å². The van der Waals surface area contributed by atoms with E-state index >= 15 is 0 Å². The second kappa shape index (κ2) is 9.68. The number of nitrogens with zero attached hydrogens (tertiary/aromatic N) is 2. The quantitative estimate of drug-likeness (QED) is 0.122. The number of carbonyl (C=O) groups is 5. The highest BCUT2D eigenvalue weighted by molar-refractivity contribution is 6.44. The Labute approximate surface area is 263 Å². The number of carbonyl (C=O) groups excluding carboxylic acids is 4. The Balaban J connectivity index is 1.41. The minimum absolute atomic E-state index is 0.0835. The zero-order valence-electron chi connectivity index (χ0n) is 25.4. The van der Waals surface area contributed by atoms with Gasteiger partial charge in [-0.15, -0.1) is 0 Å². The summed E-state index contributed by atoms with van der Waals surface area (Å²) in [6.45, 7) is 5.65. The summed E-state index contributed by atoms with van der Waals surface area (Å²) in [5, 5.41) is 15.5. The number of rotatable bonds is 6. The smallest absolute Gasteiger partial charge is 0.326 e. The Hall–Kier alpha value is -5.63. The maximum atomic E-state index is 14.3. The lowest BCUT2D eigenvalue weighted by Gasteiger charge is -2.32. The van der Waals surface area contributed by atoms with Crippen LogP contribution in [-0.4, -0.2) is 45.6 Å². The Morgan fingerprint density at radius 3 is 1.33 bits per heavy atom. The fraction of sp³-hybridized carbons (Fsp3) is 0.184. The van der Waals surface area contributed by atoms with Crippen LogP contribution >= 0.6 is 0 Å². The van der Waals surface area contributed by atoms with Crippen molar-refractivity contribution in [3.8, 4) is 0 Å². The number of amides is 4. The number of aliphatic carboxylic acids is 1. The molecule has 8 heteroatoms. The van der Waals surface area contributed by atoms with Gasteiger partial charge in [-0.25, -0.2) is 9.69 Å². The number of para-hydroxylation sites is 1. The summed E-state index contributed by atoms with van der Waals surface area (Å²) in [6, 6.07) is 18.8. The van der Waals surface area contributed by atoms with Crippen molar-refractivity contribution in [1.82, 2.24) is 4.90 Å². The van der Waals surface area contributed by atoms with E-state index in [-0.39, 0.29) is 29.4 Å². The molecule has 0 saturated carbocycles. The topological polar surface area (TPSA) is 112 Å². The van der Waals surface area contributed by atoms with Crippen LogP contribution < -0.4 is 4.90 Å². The molecule has 46 heavy (non-hydrogen) atoms. The maximum Gasteiger partial charge on any atom is 0.326 e. The molecule has 1 atom stereocenters. The third-order valence-corrected chi connectivity index (χ3v) is 9.84. The molecule has 2 heterocycles. The first-order valence-electron chi connectivity index (χ1n) is 15.5. The van der Waals surface area contributed by atoms with Crippen LogP contribution in [0.3, 0.4) is 0 Å². The molecular formula is C38H28N2O6. The van der Waals surface area contributed by atoms with E-state index in [1.54, 1.807) is 31.2 Å². The van der Waals surface area contributed by atoms with Gasteiger partial charge in [0.25, 0.3) is 23.6 Å². The van der Waals surface area contributed by atoms with Crippen LogP contribution in [0.25, 0.3) is 43.1 Å². The number of fused-ring (bicyclic) bond motifs is 2. The molecule has 0 fully saturated rings. The first-order valence-corrected chi connectivity index (χ1v) is 15.5. The van der Waals surface area contributed by atoms with Crippen molar-refractivity contribution in [2.24, 2.45) is 0 Å². The van der Waals surface area contributed by atoms with Crippen LogP contribution in [0.1, 0.15) is 79.8 Å². The van der Waals surface area contributed by atoms with Gasteiger partial charge in [0, 0.05) is 33.0 Å². The summed E-state index contributed by atoms with van der Waals surface area (Å²) in [4.78, 5) is 70.1. The van der Waals surface area contributed by atoms with Crippen LogP contribution in [0, 0.1) is 0 Å². The molecule has 8 rings (SSSR count). The van der Waals surface area contributed by atoms with Crippen molar-refractivity contribution in [2.75, 3.05) is 4.90 Å². The molecule has 0 saturated heterocycles. The minimum Gasteiger partial charge on any atom is -0.480 e. The molecular weight excluding hydrogens is 580 g/mol. The van der Waals surface area contributed by atoms with Gasteiger partial charge in [0.05, 0.1) is 5.69 Å². The highest BCUT2D eigenvalue weighted by atomic mass is 16.4. The SMILES string of the molecule is CCc1cccc(CC)c1N1C(=O)c2ccc3c4ccc5c6c(ccc(c7ccc(c2c37)C1=O)c64)C(=O)N(C(CC)C(=O)O)C5=O. The molecule has 2 aliphatic heterocycles. The first kappa shape index (κ1) is 27.9. The second-order valence-electron chi connectivity index (χ2n) is 12.0. The molecule has 0 aromatic heterocycles. The number of anilines is 1. The van der Waals surface area contributed by atoms with Crippen molar-refractivity contribution < 1.29 is 29.1 Å². The fourth-order valence-electron chi connectivity index (χ4n) is 7.74. The zero-order chi connectivity index (χ0) is 32.2. The third-order valence-electron chi connectivity index (χ3n) is 9.84. The molecule has 1 unspecified atom stereocenters. The van der Waals surface area contributed by atoms with Gasteiger partial charge in [0.2, 0.25) is 0 Å². The van der Waals surface area contributed by atoms with Gasteiger partial charge in [-0.3, -0.25) is 24.1 Å². The Morgan fingerprint density at radius 2 is 0.978 bits per heavy atom. The van der Waals surface area contributed by atoms with Gasteiger partial charge in [-0.05, 0) is 87.0 Å². The van der Waals surface area contributed by atoms with Gasteiger partial charge in [-0.2, -0.15) is 0 Å². The van der Waals surface area contributed by atoms with Crippen molar-refractivity contribution in [3.63, 3.8) is 0 Å². The summed E-state index contributed by atoms with van der Waals surface area (Å²) in [5.41, 5.74) is 3.94. The molecule has 0 radical (unpaired) electrons. The number of benzene rings is 6. The molecule has 0 aliphatic carbocycles. The maximum absolute atomic E-state index is 14.3. The molecule has 8 nitrogen and oxygen atoms in total. The summed E-state index contributed by atoms with van der Waals surface area (Å²) in [6.07, 6.45) is 1.42. The van der Waals surface area contributed by atoms with Crippen LogP contribution in [-0.2, 0) is 17.6 Å². The second-order valence-corrected chi connectivity index (χ2v) is 12.0. The molecule has 4 amide bonds. The van der Waals surface area contributed by atoms with E-state index in [0.717, 1.165) is 48.3 Å². The van der Waals surface area contributed by atoms with E-state index in [1.165, 1.54) is 4.90 Å². The third kappa shape index (κ3) is 3.36. The normalized spacial score (nSPS) is 15.3. The lowest BCUT2D eigenvalue weighted by Crippen LogP contribution is -2.50. The molecule has 0 bridgehead atoms. The Kier molecular flexibility index (Phi) is 5.87. The van der Waals surface area contributed by atoms with E-state index in [9.17, 15) is 29.1 Å². The summed E-state index contributed by atoms with van der Waals surface area (Å²) < 4.78 is 0. The van der Waals surface area contributed by atoms with Gasteiger partial charge in [-0.1, -0.05) is 63.2 Å². The number of carboxylic acid groups (broad SMARTS) is 1. The number of imide groups is 2. The zero-order valence-corrected chi connectivity index (χ0v) is 25.4. The van der Waals surface area contributed by atoms with E-state index < -0.39 is 23.8 Å². The number of carboxylic acids is 1. The van der Waals surface area contributed by atoms with Crippen molar-refractivity contribution in [2.45, 2.75) is 46.1 Å². The predicted molar refractivity (Wildman–Crippen MR) is 176 cm³/mol. The van der Waals surface area contributed by atoms with Crippen LogP contribution in [0.15, 0.2) is 66.7 Å². The summed E-state index contributed by atoms with van der Waals surface area (Å²) in [7, 11) is 0. The van der Waals surface area contributed by atoms with Gasteiger partial charge < -0.3 is 5.11 Å². The number of aryl methyl sites for hydroxylation is 2. The standard InChI is InChI=1S/C38H28N2O6/c1-4-18-8-7-9-19(5-2)33(18)40-36(43)26-16-12-22-20-10-14-24-31-25(35(42)39(34(24)41)28(6-3)38(45)46)15-11-21(29(20)31)23-13-17-27(37(40)44)32(26)30(22)23/h7-17,28H,4-6H2,1-3H3,(H,45,46). The Bertz CT molecular complexity index is 2260. The fourth-order valence-corrected chi connectivity index (χ4v) is 7.74. The minimum atomic E-state index is -1.28. The summed E-state index contributed by atoms with van der Waals surface area (Å²) in [5.74, 6) is -3.25. The lowest BCUT2D eigenvalue weighted by atomic mass is 9.82. The summed E-state index contributed by atoms with van der Waals surface area (Å²) >= 11 is 0. The number of hydrogen-bond acceptors (Lipinski definition) is 5. The monoisotopic (exact) mass is 608 g/mol. The van der Waals surface area contributed by atoms with E-state index in [4.69, 9.17) is 0 Å². The van der Waals surface area contributed by atoms with Crippen LogP contribution in [0.5, 0.6) is 0 Å². The Morgan fingerprint density at radius 1 is 0.587 bits per heavy atom. The first-order chi connectivity index (χ1) is 22.2. The highest BCUT2D eigenvalue weighted by Gasteiger charge is 2.41. The van der Waals surface area contributed by atoms with Gasteiger partial charge in [0.1, 0.15) is 6.04 Å². The lowest BCUT2D eigenvalue weighted by molar-refractivity contribution is -0.141. The van der Waals surface area contributed by atoms with Gasteiger partial charge in [0.15, 0.2) is 0 Å². The molecule has 226 valence electrons. The average Bonchev–Trinajstić information content (AvgIpc) is 3.07. The molecule has 6 aromatic rings. The molecule has 6 aromatic carbocycles. The number of hydrogen-bond donors (Lipinski definition) is 1. The molecule has 2 aliphatic rings. The van der Waals surface area contributed by atoms with E-state index in [0.29, 0.717) is 40.4 Å². The van der Waals surface area contributed by atoms with E-state index in [1.807, 2.05) is 56.3 Å². The largest absolute Gasteiger partial charge is 0.480 e.